The van der Waals surface area contributed by atoms with Crippen molar-refractivity contribution in [1.29, 1.82) is 0 Å². The zero-order valence-corrected chi connectivity index (χ0v) is 11.6. The molecule has 1 amide bonds. The van der Waals surface area contributed by atoms with Gasteiger partial charge in [-0.2, -0.15) is 0 Å². The number of allylic oxidation sites excluding steroid dienone is 2. The van der Waals surface area contributed by atoms with Crippen molar-refractivity contribution in [2.75, 3.05) is 11.1 Å². The van der Waals surface area contributed by atoms with E-state index < -0.39 is 0 Å². The van der Waals surface area contributed by atoms with Crippen LogP contribution in [0.25, 0.3) is 0 Å². The number of hydrogen-bond donors (Lipinski definition) is 1. The number of hydrogen-bond acceptors (Lipinski definition) is 5. The number of carbonyl (C=O) groups excluding carboxylic acids is 1. The van der Waals surface area contributed by atoms with E-state index in [2.05, 4.69) is 34.2 Å². The summed E-state index contributed by atoms with van der Waals surface area (Å²) in [4.78, 5) is 11.8. The number of anilines is 1. The first-order valence-corrected chi connectivity index (χ1v) is 7.62. The summed E-state index contributed by atoms with van der Waals surface area (Å²) < 4.78 is 0.853. The highest BCUT2D eigenvalue weighted by Crippen LogP contribution is 2.26. The summed E-state index contributed by atoms with van der Waals surface area (Å²) in [5.74, 6) is 1.20. The standard InChI is InChI=1S/C12H15N3OS2/c1-2-7-17-12-15-14-11(18-12)13-10(16)8-9-5-3-4-6-9/h2-3,5,9H,1,4,6-8H2,(H,13,14,16)/t9-/m0/s1. The largest absolute Gasteiger partial charge is 0.300 e. The number of nitrogens with zero attached hydrogens (tertiary/aromatic N) is 2. The monoisotopic (exact) mass is 281 g/mol. The highest BCUT2D eigenvalue weighted by molar-refractivity contribution is 8.01. The molecule has 6 heteroatoms. The van der Waals surface area contributed by atoms with Gasteiger partial charge in [-0.3, -0.25) is 4.79 Å². The van der Waals surface area contributed by atoms with Crippen LogP contribution in [0.15, 0.2) is 29.1 Å². The fourth-order valence-corrected chi connectivity index (χ4v) is 3.25. The minimum absolute atomic E-state index is 0.0166. The van der Waals surface area contributed by atoms with Gasteiger partial charge >= 0.3 is 0 Å². The number of thioether (sulfide) groups is 1. The van der Waals surface area contributed by atoms with Crippen molar-refractivity contribution >= 4 is 34.1 Å². The van der Waals surface area contributed by atoms with Crippen LogP contribution in [0.1, 0.15) is 19.3 Å². The SMILES string of the molecule is C=CCSc1nnc(NC(=O)C[C@H]2C=CCC2)s1. The first-order chi connectivity index (χ1) is 8.78. The zero-order valence-electron chi connectivity index (χ0n) is 9.96. The molecule has 1 atom stereocenters. The highest BCUT2D eigenvalue weighted by Gasteiger charge is 2.15. The van der Waals surface area contributed by atoms with Crippen LogP contribution in [0.5, 0.6) is 0 Å². The van der Waals surface area contributed by atoms with Crippen molar-refractivity contribution in [3.05, 3.63) is 24.8 Å². The second-order valence-electron chi connectivity index (χ2n) is 3.99. The van der Waals surface area contributed by atoms with E-state index in [4.69, 9.17) is 0 Å². The Morgan fingerprint density at radius 1 is 1.67 bits per heavy atom. The van der Waals surface area contributed by atoms with Gasteiger partial charge < -0.3 is 5.32 Å². The lowest BCUT2D eigenvalue weighted by Crippen LogP contribution is -2.14. The maximum atomic E-state index is 11.8. The van der Waals surface area contributed by atoms with E-state index in [9.17, 15) is 4.79 Å². The summed E-state index contributed by atoms with van der Waals surface area (Å²) in [5.41, 5.74) is 0. The molecule has 0 unspecified atom stereocenters. The third-order valence-corrected chi connectivity index (χ3v) is 4.51. The van der Waals surface area contributed by atoms with Gasteiger partial charge in [0.15, 0.2) is 4.34 Å². The third-order valence-electron chi connectivity index (χ3n) is 2.54. The van der Waals surface area contributed by atoms with Crippen LogP contribution in [-0.4, -0.2) is 21.9 Å². The first-order valence-electron chi connectivity index (χ1n) is 5.81. The topological polar surface area (TPSA) is 54.9 Å². The molecule has 1 heterocycles. The van der Waals surface area contributed by atoms with Crippen molar-refractivity contribution in [3.63, 3.8) is 0 Å². The summed E-state index contributed by atoms with van der Waals surface area (Å²) in [6.45, 7) is 3.65. The molecule has 0 saturated heterocycles. The molecule has 18 heavy (non-hydrogen) atoms. The molecule has 1 aromatic heterocycles. The van der Waals surface area contributed by atoms with E-state index in [1.54, 1.807) is 11.8 Å². The quantitative estimate of drug-likeness (QED) is 0.494. The molecule has 4 nitrogen and oxygen atoms in total. The fourth-order valence-electron chi connectivity index (χ4n) is 1.72. The molecular weight excluding hydrogens is 266 g/mol. The first kappa shape index (κ1) is 13.3. The van der Waals surface area contributed by atoms with Gasteiger partial charge in [0.2, 0.25) is 11.0 Å². The lowest BCUT2D eigenvalue weighted by atomic mass is 10.1. The van der Waals surface area contributed by atoms with E-state index in [0.29, 0.717) is 17.5 Å². The Morgan fingerprint density at radius 2 is 2.56 bits per heavy atom. The highest BCUT2D eigenvalue weighted by atomic mass is 32.2. The molecular formula is C12H15N3OS2. The van der Waals surface area contributed by atoms with E-state index in [1.165, 1.54) is 11.3 Å². The smallest absolute Gasteiger partial charge is 0.226 e. The number of amides is 1. The minimum atomic E-state index is 0.0166. The fraction of sp³-hybridized carbons (Fsp3) is 0.417. The summed E-state index contributed by atoms with van der Waals surface area (Å²) in [6.07, 6.45) is 8.75. The van der Waals surface area contributed by atoms with Crippen LogP contribution in [0.4, 0.5) is 5.13 Å². The molecule has 0 aromatic carbocycles. The van der Waals surface area contributed by atoms with Crippen LogP contribution in [0.2, 0.25) is 0 Å². The molecule has 0 saturated carbocycles. The number of carbonyl (C=O) groups is 1. The minimum Gasteiger partial charge on any atom is -0.300 e. The van der Waals surface area contributed by atoms with Crippen molar-refractivity contribution < 1.29 is 4.79 Å². The van der Waals surface area contributed by atoms with Crippen LogP contribution in [0.3, 0.4) is 0 Å². The molecule has 2 rings (SSSR count). The van der Waals surface area contributed by atoms with Gasteiger partial charge in [0.05, 0.1) is 0 Å². The van der Waals surface area contributed by atoms with Crippen LogP contribution < -0.4 is 5.32 Å². The number of rotatable bonds is 6. The third kappa shape index (κ3) is 3.96. The summed E-state index contributed by atoms with van der Waals surface area (Å²) in [6, 6.07) is 0. The average Bonchev–Trinajstić information content (AvgIpc) is 2.98. The number of aromatic nitrogens is 2. The molecule has 96 valence electrons. The Labute approximate surface area is 115 Å². The van der Waals surface area contributed by atoms with Crippen molar-refractivity contribution in [2.45, 2.75) is 23.6 Å². The molecule has 0 bridgehead atoms. The van der Waals surface area contributed by atoms with Gasteiger partial charge in [0.1, 0.15) is 0 Å². The maximum absolute atomic E-state index is 11.8. The van der Waals surface area contributed by atoms with Crippen molar-refractivity contribution in [2.24, 2.45) is 5.92 Å². The predicted molar refractivity (Wildman–Crippen MR) is 75.9 cm³/mol. The second-order valence-corrected chi connectivity index (χ2v) is 6.24. The summed E-state index contributed by atoms with van der Waals surface area (Å²) in [5, 5.41) is 11.3. The Kier molecular flexibility index (Phi) is 4.95. The average molecular weight is 281 g/mol. The van der Waals surface area contributed by atoms with Gasteiger partial charge in [-0.05, 0) is 18.8 Å². The lowest BCUT2D eigenvalue weighted by molar-refractivity contribution is -0.116. The van der Waals surface area contributed by atoms with Crippen molar-refractivity contribution in [1.82, 2.24) is 10.2 Å². The molecule has 1 aliphatic carbocycles. The normalized spacial score (nSPS) is 17.9. The second kappa shape index (κ2) is 6.70. The van der Waals surface area contributed by atoms with Crippen molar-refractivity contribution in [3.8, 4) is 0 Å². The Morgan fingerprint density at radius 3 is 3.28 bits per heavy atom. The van der Waals surface area contributed by atoms with Crippen LogP contribution in [-0.2, 0) is 4.79 Å². The van der Waals surface area contributed by atoms with Crippen LogP contribution in [0, 0.1) is 5.92 Å². The maximum Gasteiger partial charge on any atom is 0.226 e. The molecule has 0 fully saturated rings. The zero-order chi connectivity index (χ0) is 12.8. The Hall–Kier alpha value is -1.14. The molecule has 0 aliphatic heterocycles. The summed E-state index contributed by atoms with van der Waals surface area (Å²) >= 11 is 2.97. The predicted octanol–water partition coefficient (Wildman–Crippen LogP) is 3.11. The summed E-state index contributed by atoms with van der Waals surface area (Å²) in [7, 11) is 0. The van der Waals surface area contributed by atoms with E-state index in [-0.39, 0.29) is 5.91 Å². The molecule has 1 N–H and O–H groups in total. The van der Waals surface area contributed by atoms with Gasteiger partial charge in [-0.15, -0.1) is 16.8 Å². The Balaban J connectivity index is 1.80. The molecule has 0 spiro atoms. The van der Waals surface area contributed by atoms with Crippen LogP contribution >= 0.6 is 23.1 Å². The molecule has 1 aliphatic rings. The van der Waals surface area contributed by atoms with Gasteiger partial charge in [0.25, 0.3) is 0 Å². The lowest BCUT2D eigenvalue weighted by Gasteiger charge is -2.05. The van der Waals surface area contributed by atoms with Gasteiger partial charge in [-0.25, -0.2) is 0 Å². The molecule has 1 aromatic rings. The van der Waals surface area contributed by atoms with E-state index in [1.807, 2.05) is 6.08 Å². The van der Waals surface area contributed by atoms with E-state index >= 15 is 0 Å². The molecule has 0 radical (unpaired) electrons. The number of nitrogens with one attached hydrogen (secondary N) is 1. The van der Waals surface area contributed by atoms with E-state index in [0.717, 1.165) is 22.9 Å². The van der Waals surface area contributed by atoms with Gasteiger partial charge in [0, 0.05) is 12.2 Å². The van der Waals surface area contributed by atoms with Gasteiger partial charge in [-0.1, -0.05) is 41.3 Å². The Bertz CT molecular complexity index is 456.